The van der Waals surface area contributed by atoms with Gasteiger partial charge in [0, 0.05) is 18.2 Å². The fourth-order valence-electron chi connectivity index (χ4n) is 2.65. The summed E-state index contributed by atoms with van der Waals surface area (Å²) in [6.45, 7) is 0. The van der Waals surface area contributed by atoms with Gasteiger partial charge >= 0.3 is 0 Å². The molecule has 146 valence electrons. The first-order valence-electron chi connectivity index (χ1n) is 8.51. The summed E-state index contributed by atoms with van der Waals surface area (Å²) in [6, 6.07) is 10.2. The van der Waals surface area contributed by atoms with Crippen molar-refractivity contribution in [3.63, 3.8) is 0 Å². The van der Waals surface area contributed by atoms with Crippen molar-refractivity contribution in [3.05, 3.63) is 59.2 Å². The molecule has 0 atom stereocenters. The Kier molecular flexibility index (Phi) is 5.32. The van der Waals surface area contributed by atoms with Gasteiger partial charge in [0.1, 0.15) is 28.7 Å². The van der Waals surface area contributed by atoms with Crippen LogP contribution in [0.15, 0.2) is 42.5 Å². The van der Waals surface area contributed by atoms with E-state index in [1.165, 1.54) is 42.5 Å². The second-order valence-electron chi connectivity index (χ2n) is 6.08. The average Bonchev–Trinajstić information content (AvgIpc) is 2.73. The van der Waals surface area contributed by atoms with Crippen LogP contribution in [-0.2, 0) is 0 Å². The van der Waals surface area contributed by atoms with E-state index < -0.39 is 0 Å². The Morgan fingerprint density at radius 1 is 0.700 bits per heavy atom. The lowest BCUT2D eigenvalue weighted by atomic mass is 10.0. The number of nitrogens with two attached hydrogens (primary N) is 2. The van der Waals surface area contributed by atoms with Crippen LogP contribution in [0.2, 0.25) is 0 Å². The van der Waals surface area contributed by atoms with Gasteiger partial charge in [-0.2, -0.15) is 0 Å². The van der Waals surface area contributed by atoms with Crippen molar-refractivity contribution in [2.75, 3.05) is 11.5 Å². The SMILES string of the molecule is C#Cc1cc(Oc2ccc(O)c(N)c2)c(C#C)c(C#C)c1Oc1ccc(O)c(N)c1. The fourth-order valence-corrected chi connectivity index (χ4v) is 2.65. The quantitative estimate of drug-likeness (QED) is 0.303. The van der Waals surface area contributed by atoms with Gasteiger partial charge in [0.25, 0.3) is 0 Å². The summed E-state index contributed by atoms with van der Waals surface area (Å²) < 4.78 is 11.7. The van der Waals surface area contributed by atoms with Gasteiger partial charge in [0.2, 0.25) is 0 Å². The molecular weight excluding hydrogens is 380 g/mol. The highest BCUT2D eigenvalue weighted by molar-refractivity contribution is 5.70. The molecule has 6 N–H and O–H groups in total. The van der Waals surface area contributed by atoms with Gasteiger partial charge in [-0.15, -0.1) is 19.3 Å². The summed E-state index contributed by atoms with van der Waals surface area (Å²) >= 11 is 0. The maximum absolute atomic E-state index is 9.59. The largest absolute Gasteiger partial charge is 0.506 e. The molecule has 0 unspecified atom stereocenters. The van der Waals surface area contributed by atoms with Crippen LogP contribution >= 0.6 is 0 Å². The van der Waals surface area contributed by atoms with Gasteiger partial charge in [0.15, 0.2) is 5.75 Å². The van der Waals surface area contributed by atoms with Gasteiger partial charge in [-0.25, -0.2) is 0 Å². The van der Waals surface area contributed by atoms with Crippen molar-refractivity contribution in [2.45, 2.75) is 0 Å². The molecule has 0 bridgehead atoms. The summed E-state index contributed by atoms with van der Waals surface area (Å²) in [4.78, 5) is 0. The lowest BCUT2D eigenvalue weighted by Gasteiger charge is -2.16. The topological polar surface area (TPSA) is 111 Å². The molecule has 0 saturated carbocycles. The second-order valence-corrected chi connectivity index (χ2v) is 6.08. The van der Waals surface area contributed by atoms with Crippen molar-refractivity contribution in [3.8, 4) is 71.5 Å². The predicted molar refractivity (Wildman–Crippen MR) is 115 cm³/mol. The van der Waals surface area contributed by atoms with Crippen LogP contribution in [0.25, 0.3) is 0 Å². The first-order chi connectivity index (χ1) is 14.4. The number of phenolic OH excluding ortho intramolecular Hbond substituents is 2. The number of hydrogen-bond donors (Lipinski definition) is 4. The molecule has 0 aromatic heterocycles. The molecule has 3 rings (SSSR count). The van der Waals surface area contributed by atoms with Crippen LogP contribution in [0.1, 0.15) is 16.7 Å². The van der Waals surface area contributed by atoms with Crippen LogP contribution in [0.5, 0.6) is 34.5 Å². The Bertz CT molecular complexity index is 1270. The van der Waals surface area contributed by atoms with Gasteiger partial charge in [-0.05, 0) is 24.3 Å². The molecule has 3 aromatic carbocycles. The van der Waals surface area contributed by atoms with E-state index in [2.05, 4.69) is 17.8 Å². The summed E-state index contributed by atoms with van der Waals surface area (Å²) in [7, 11) is 0. The minimum atomic E-state index is -0.0853. The number of terminal acetylenes is 3. The Labute approximate surface area is 173 Å². The van der Waals surface area contributed by atoms with Gasteiger partial charge in [-0.3, -0.25) is 0 Å². The second kappa shape index (κ2) is 8.02. The predicted octanol–water partition coefficient (Wildman–Crippen LogP) is 3.79. The molecule has 0 heterocycles. The monoisotopic (exact) mass is 396 g/mol. The maximum Gasteiger partial charge on any atom is 0.160 e. The first-order valence-corrected chi connectivity index (χ1v) is 8.51. The maximum atomic E-state index is 9.59. The lowest BCUT2D eigenvalue weighted by Crippen LogP contribution is -2.00. The molecule has 6 nitrogen and oxygen atoms in total. The summed E-state index contributed by atoms with van der Waals surface area (Å²) in [5.41, 5.74) is 12.4. The van der Waals surface area contributed by atoms with Gasteiger partial charge in [0.05, 0.1) is 28.1 Å². The summed E-state index contributed by atoms with van der Waals surface area (Å²) in [5.74, 6) is 8.36. The van der Waals surface area contributed by atoms with Crippen LogP contribution in [-0.4, -0.2) is 10.2 Å². The normalized spacial score (nSPS) is 9.77. The van der Waals surface area contributed by atoms with E-state index in [-0.39, 0.29) is 51.1 Å². The third-order valence-corrected chi connectivity index (χ3v) is 4.13. The third-order valence-electron chi connectivity index (χ3n) is 4.13. The van der Waals surface area contributed by atoms with Crippen molar-refractivity contribution in [2.24, 2.45) is 0 Å². The molecule has 0 radical (unpaired) electrons. The molecule has 0 spiro atoms. The van der Waals surface area contributed by atoms with Crippen molar-refractivity contribution >= 4 is 11.4 Å². The molecule has 0 aliphatic carbocycles. The van der Waals surface area contributed by atoms with Gasteiger partial charge in [-0.1, -0.05) is 17.8 Å². The van der Waals surface area contributed by atoms with Crippen molar-refractivity contribution < 1.29 is 19.7 Å². The number of benzene rings is 3. The smallest absolute Gasteiger partial charge is 0.160 e. The Balaban J connectivity index is 2.12. The van der Waals surface area contributed by atoms with E-state index in [9.17, 15) is 10.2 Å². The van der Waals surface area contributed by atoms with E-state index >= 15 is 0 Å². The fraction of sp³-hybridized carbons (Fsp3) is 0. The number of aromatic hydroxyl groups is 2. The van der Waals surface area contributed by atoms with Gasteiger partial charge < -0.3 is 31.2 Å². The molecule has 0 amide bonds. The summed E-state index contributed by atoms with van der Waals surface area (Å²) in [6.07, 6.45) is 17.0. The van der Waals surface area contributed by atoms with E-state index in [1.54, 1.807) is 0 Å². The van der Waals surface area contributed by atoms with Crippen molar-refractivity contribution in [1.82, 2.24) is 0 Å². The minimum absolute atomic E-state index is 0.0786. The Hall–Kier alpha value is -4.86. The van der Waals surface area contributed by atoms with Crippen molar-refractivity contribution in [1.29, 1.82) is 0 Å². The zero-order chi connectivity index (χ0) is 21.8. The Morgan fingerprint density at radius 3 is 1.70 bits per heavy atom. The zero-order valence-electron chi connectivity index (χ0n) is 15.6. The Morgan fingerprint density at radius 2 is 1.23 bits per heavy atom. The van der Waals surface area contributed by atoms with E-state index in [0.29, 0.717) is 11.5 Å². The van der Waals surface area contributed by atoms with Crippen LogP contribution in [0.4, 0.5) is 11.4 Å². The molecule has 0 aliphatic rings. The third kappa shape index (κ3) is 3.73. The van der Waals surface area contributed by atoms with E-state index in [1.807, 2.05) is 0 Å². The highest BCUT2D eigenvalue weighted by Gasteiger charge is 2.19. The number of ether oxygens (including phenoxy) is 2. The molecule has 0 fully saturated rings. The summed E-state index contributed by atoms with van der Waals surface area (Å²) in [5, 5.41) is 19.2. The number of nitrogen functional groups attached to an aromatic ring is 2. The highest BCUT2D eigenvalue weighted by Crippen LogP contribution is 2.39. The van der Waals surface area contributed by atoms with Crippen LogP contribution in [0.3, 0.4) is 0 Å². The molecule has 6 heteroatoms. The average molecular weight is 396 g/mol. The number of hydrogen-bond acceptors (Lipinski definition) is 6. The van der Waals surface area contributed by atoms with E-state index in [0.717, 1.165) is 0 Å². The van der Waals surface area contributed by atoms with E-state index in [4.69, 9.17) is 40.2 Å². The molecule has 30 heavy (non-hydrogen) atoms. The first kappa shape index (κ1) is 19.9. The number of rotatable bonds is 4. The standard InChI is InChI=1S/C24H16N2O4/c1-4-14-11-23(29-15-7-9-21(27)19(25)12-15)17(5-2)18(6-3)24(14)30-16-8-10-22(28)20(26)13-16/h1-3,7-13,27-28H,25-26H2. The van der Waals surface area contributed by atoms with Crippen LogP contribution in [0, 0.1) is 37.0 Å². The molecule has 0 aliphatic heterocycles. The highest BCUT2D eigenvalue weighted by atomic mass is 16.5. The number of anilines is 2. The number of phenols is 2. The lowest BCUT2D eigenvalue weighted by molar-refractivity contribution is 0.458. The molecule has 3 aromatic rings. The minimum Gasteiger partial charge on any atom is -0.506 e. The zero-order valence-corrected chi connectivity index (χ0v) is 15.6. The van der Waals surface area contributed by atoms with Crippen LogP contribution < -0.4 is 20.9 Å². The molecular formula is C24H16N2O4. The molecule has 0 saturated heterocycles.